The topological polar surface area (TPSA) is 96.5 Å². The second kappa shape index (κ2) is 10.7. The van der Waals surface area contributed by atoms with Gasteiger partial charge in [-0.2, -0.15) is 0 Å². The molecule has 2 heterocycles. The predicted octanol–water partition coefficient (Wildman–Crippen LogP) is 3.20. The smallest absolute Gasteiger partial charge is 0.327 e. The highest BCUT2D eigenvalue weighted by atomic mass is 16.5. The van der Waals surface area contributed by atoms with Gasteiger partial charge in [0.15, 0.2) is 0 Å². The van der Waals surface area contributed by atoms with Crippen LogP contribution >= 0.6 is 0 Å². The number of piperidine rings is 1. The maximum atomic E-state index is 12.3. The van der Waals surface area contributed by atoms with Crippen molar-refractivity contribution in [2.75, 3.05) is 30.4 Å². The number of carbonyl (C=O) groups excluding carboxylic acids is 2. The number of anilines is 2. The third kappa shape index (κ3) is 5.72. The molecule has 0 unspecified atom stereocenters. The number of benzene rings is 2. The minimum atomic E-state index is -0.468. The summed E-state index contributed by atoms with van der Waals surface area (Å²) in [7, 11) is 1.42. The van der Waals surface area contributed by atoms with Crippen LogP contribution in [0.5, 0.6) is 0 Å². The van der Waals surface area contributed by atoms with Gasteiger partial charge in [0.05, 0.1) is 13.3 Å². The molecule has 0 bridgehead atoms. The number of methoxy groups -OCH3 is 1. The highest BCUT2D eigenvalue weighted by molar-refractivity contribution is 6.02. The average molecular weight is 446 g/mol. The van der Waals surface area contributed by atoms with Crippen molar-refractivity contribution in [3.05, 3.63) is 84.4 Å². The number of hydrogen-bond acceptors (Lipinski definition) is 7. The average Bonchev–Trinajstić information content (AvgIpc) is 2.88. The number of nitrogens with one attached hydrogen (secondary N) is 2. The Labute approximate surface area is 193 Å². The monoisotopic (exact) mass is 445 g/mol. The Bertz CT molecular complexity index is 1050. The summed E-state index contributed by atoms with van der Waals surface area (Å²) < 4.78 is 5.02. The molecule has 1 atom stereocenters. The molecule has 0 spiro atoms. The van der Waals surface area contributed by atoms with Crippen LogP contribution in [0, 0.1) is 0 Å². The lowest BCUT2D eigenvalue weighted by atomic mass is 10.00. The van der Waals surface area contributed by atoms with E-state index in [1.165, 1.54) is 25.7 Å². The fraction of sp³-hybridized carbons (Fsp3) is 0.280. The number of rotatable bonds is 7. The van der Waals surface area contributed by atoms with Gasteiger partial charge in [0.2, 0.25) is 0 Å². The molecule has 1 aliphatic heterocycles. The van der Waals surface area contributed by atoms with E-state index in [0.29, 0.717) is 5.69 Å². The van der Waals surface area contributed by atoms with Gasteiger partial charge in [-0.15, -0.1) is 0 Å². The first-order valence-corrected chi connectivity index (χ1v) is 11.0. The Kier molecular flexibility index (Phi) is 7.26. The van der Waals surface area contributed by atoms with Gasteiger partial charge in [0, 0.05) is 42.9 Å². The van der Waals surface area contributed by atoms with E-state index in [2.05, 4.69) is 25.5 Å². The van der Waals surface area contributed by atoms with Crippen LogP contribution in [0.4, 0.5) is 11.4 Å². The largest absolute Gasteiger partial charge is 0.468 e. The number of ether oxygens (including phenoxy) is 1. The quantitative estimate of drug-likeness (QED) is 0.539. The highest BCUT2D eigenvalue weighted by Crippen LogP contribution is 2.24. The lowest BCUT2D eigenvalue weighted by Gasteiger charge is -2.35. The first-order chi connectivity index (χ1) is 16.1. The molecule has 8 nitrogen and oxygen atoms in total. The predicted molar refractivity (Wildman–Crippen MR) is 126 cm³/mol. The van der Waals surface area contributed by atoms with Crippen molar-refractivity contribution in [1.29, 1.82) is 0 Å². The Morgan fingerprint density at radius 2 is 1.76 bits per heavy atom. The van der Waals surface area contributed by atoms with Crippen molar-refractivity contribution in [2.45, 2.75) is 24.9 Å². The summed E-state index contributed by atoms with van der Waals surface area (Å²) in [6, 6.07) is 17.2. The molecule has 8 heteroatoms. The van der Waals surface area contributed by atoms with Gasteiger partial charge < -0.3 is 15.0 Å². The first kappa shape index (κ1) is 22.4. The first-order valence-electron chi connectivity index (χ1n) is 11.0. The molecule has 1 amide bonds. The molecule has 4 rings (SSSR count). The van der Waals surface area contributed by atoms with Gasteiger partial charge >= 0.3 is 5.97 Å². The third-order valence-electron chi connectivity index (χ3n) is 5.75. The van der Waals surface area contributed by atoms with E-state index in [0.717, 1.165) is 37.2 Å². The van der Waals surface area contributed by atoms with Crippen molar-refractivity contribution in [3.8, 4) is 0 Å². The van der Waals surface area contributed by atoms with Crippen LogP contribution in [-0.4, -0.2) is 48.1 Å². The second-order valence-corrected chi connectivity index (χ2v) is 7.89. The molecular weight excluding hydrogens is 418 g/mol. The fourth-order valence-corrected chi connectivity index (χ4v) is 3.97. The van der Waals surface area contributed by atoms with Crippen molar-refractivity contribution in [1.82, 2.24) is 15.3 Å². The zero-order valence-electron chi connectivity index (χ0n) is 18.5. The third-order valence-corrected chi connectivity index (χ3v) is 5.75. The normalized spacial score (nSPS) is 15.0. The summed E-state index contributed by atoms with van der Waals surface area (Å²) in [5.74, 6) is -0.566. The maximum absolute atomic E-state index is 12.3. The molecule has 1 fully saturated rings. The van der Waals surface area contributed by atoms with Crippen LogP contribution in [0.15, 0.2) is 73.2 Å². The van der Waals surface area contributed by atoms with E-state index in [4.69, 9.17) is 4.74 Å². The zero-order valence-corrected chi connectivity index (χ0v) is 18.5. The number of hydrogen-bond donors (Lipinski definition) is 2. The van der Waals surface area contributed by atoms with E-state index in [1.807, 2.05) is 54.6 Å². The standard InChI is InChI=1S/C25H27N5O3/c1-33-25(32)23(18-5-3-2-4-6-18)28-20-11-15-30(16-12-20)21-9-7-19(8-10-21)29-24(31)22-17-26-13-14-27-22/h2-10,13-14,17,20,23,28H,11-12,15-16H2,1H3,(H,29,31)/t23-/m0/s1. The van der Waals surface area contributed by atoms with Gasteiger partial charge in [0.1, 0.15) is 11.7 Å². The van der Waals surface area contributed by atoms with E-state index < -0.39 is 6.04 Å². The molecule has 2 aromatic carbocycles. The molecule has 1 saturated heterocycles. The molecule has 1 aliphatic rings. The molecule has 33 heavy (non-hydrogen) atoms. The Morgan fingerprint density at radius 3 is 2.39 bits per heavy atom. The van der Waals surface area contributed by atoms with Crippen molar-refractivity contribution in [2.24, 2.45) is 0 Å². The van der Waals surface area contributed by atoms with Crippen molar-refractivity contribution < 1.29 is 14.3 Å². The van der Waals surface area contributed by atoms with Crippen LogP contribution in [0.2, 0.25) is 0 Å². The van der Waals surface area contributed by atoms with E-state index in [-0.39, 0.29) is 23.6 Å². The van der Waals surface area contributed by atoms with Gasteiger partial charge in [0.25, 0.3) is 5.91 Å². The zero-order chi connectivity index (χ0) is 23.0. The van der Waals surface area contributed by atoms with E-state index in [9.17, 15) is 9.59 Å². The molecule has 1 aromatic heterocycles. The Balaban J connectivity index is 1.32. The van der Waals surface area contributed by atoms with Gasteiger partial charge in [-0.05, 0) is 42.7 Å². The molecule has 0 saturated carbocycles. The summed E-state index contributed by atoms with van der Waals surface area (Å²) in [6.07, 6.45) is 6.27. The van der Waals surface area contributed by atoms with Crippen molar-refractivity contribution >= 4 is 23.3 Å². The molecule has 2 N–H and O–H groups in total. The summed E-state index contributed by atoms with van der Waals surface area (Å²) in [6.45, 7) is 1.73. The van der Waals surface area contributed by atoms with Crippen molar-refractivity contribution in [3.63, 3.8) is 0 Å². The number of carbonyl (C=O) groups is 2. The number of aromatic nitrogens is 2. The number of amides is 1. The molecule has 0 aliphatic carbocycles. The summed E-state index contributed by atoms with van der Waals surface area (Å²) in [4.78, 5) is 34.8. The van der Waals surface area contributed by atoms with E-state index in [1.54, 1.807) is 0 Å². The second-order valence-electron chi connectivity index (χ2n) is 7.89. The summed E-state index contributed by atoms with van der Waals surface area (Å²) in [5, 5.41) is 6.32. The summed E-state index contributed by atoms with van der Waals surface area (Å²) >= 11 is 0. The van der Waals surface area contributed by atoms with Crippen LogP contribution in [0.1, 0.15) is 34.9 Å². The SMILES string of the molecule is COC(=O)[C@@H](NC1CCN(c2ccc(NC(=O)c3cnccn3)cc2)CC1)c1ccccc1. The van der Waals surface area contributed by atoms with Crippen LogP contribution in [0.25, 0.3) is 0 Å². The van der Waals surface area contributed by atoms with E-state index >= 15 is 0 Å². The molecule has 0 radical (unpaired) electrons. The Morgan fingerprint density at radius 1 is 1.03 bits per heavy atom. The van der Waals surface area contributed by atoms with Gasteiger partial charge in [-0.1, -0.05) is 30.3 Å². The Hall–Kier alpha value is -3.78. The van der Waals surface area contributed by atoms with Crippen LogP contribution in [-0.2, 0) is 9.53 Å². The van der Waals surface area contributed by atoms with Crippen LogP contribution < -0.4 is 15.5 Å². The maximum Gasteiger partial charge on any atom is 0.327 e. The molecule has 170 valence electrons. The van der Waals surface area contributed by atoms with Gasteiger partial charge in [-0.25, -0.2) is 9.78 Å². The fourth-order valence-electron chi connectivity index (χ4n) is 3.97. The minimum absolute atomic E-state index is 0.219. The molecular formula is C25H27N5O3. The van der Waals surface area contributed by atoms with Crippen LogP contribution in [0.3, 0.4) is 0 Å². The highest BCUT2D eigenvalue weighted by Gasteiger charge is 2.27. The lowest BCUT2D eigenvalue weighted by Crippen LogP contribution is -2.45. The summed E-state index contributed by atoms with van der Waals surface area (Å²) in [5.41, 5.74) is 2.98. The minimum Gasteiger partial charge on any atom is -0.468 e. The lowest BCUT2D eigenvalue weighted by molar-refractivity contribution is -0.143. The number of nitrogens with zero attached hydrogens (tertiary/aromatic N) is 3. The number of esters is 1. The van der Waals surface area contributed by atoms with Gasteiger partial charge in [-0.3, -0.25) is 15.1 Å². The molecule has 3 aromatic rings.